The number of rotatable bonds is 3. The normalized spacial score (nSPS) is 10.6. The minimum atomic E-state index is -2.61. The van der Waals surface area contributed by atoms with E-state index < -0.39 is 6.43 Å². The van der Waals surface area contributed by atoms with Crippen molar-refractivity contribution in [2.75, 3.05) is 0 Å². The van der Waals surface area contributed by atoms with Crippen molar-refractivity contribution in [3.8, 4) is 11.6 Å². The lowest BCUT2D eigenvalue weighted by Crippen LogP contribution is -1.94. The Bertz CT molecular complexity index is 519. The summed E-state index contributed by atoms with van der Waals surface area (Å²) in [5, 5.41) is 0. The third-order valence-corrected chi connectivity index (χ3v) is 2.54. The van der Waals surface area contributed by atoms with Gasteiger partial charge in [0.15, 0.2) is 0 Å². The average Bonchev–Trinajstić information content (AvgIpc) is 2.29. The summed E-state index contributed by atoms with van der Waals surface area (Å²) < 4.78 is 31.5. The molecule has 1 aromatic carbocycles. The molecule has 17 heavy (non-hydrogen) atoms. The molecule has 2 aromatic rings. The van der Waals surface area contributed by atoms with Gasteiger partial charge in [0.1, 0.15) is 5.75 Å². The van der Waals surface area contributed by atoms with Crippen LogP contribution >= 0.6 is 15.9 Å². The van der Waals surface area contributed by atoms with Gasteiger partial charge in [0.2, 0.25) is 5.88 Å². The Morgan fingerprint density at radius 2 is 2.00 bits per heavy atom. The Hall–Kier alpha value is -1.49. The molecule has 0 fully saturated rings. The average molecular weight is 300 g/mol. The highest BCUT2D eigenvalue weighted by Crippen LogP contribution is 2.30. The van der Waals surface area contributed by atoms with Crippen LogP contribution in [0.15, 0.2) is 47.1 Å². The van der Waals surface area contributed by atoms with E-state index in [0.29, 0.717) is 5.75 Å². The number of halogens is 3. The van der Waals surface area contributed by atoms with Gasteiger partial charge < -0.3 is 4.74 Å². The maximum Gasteiger partial charge on any atom is 0.269 e. The van der Waals surface area contributed by atoms with Crippen LogP contribution in [0.4, 0.5) is 8.78 Å². The molecule has 0 aliphatic rings. The van der Waals surface area contributed by atoms with E-state index >= 15 is 0 Å². The molecular weight excluding hydrogens is 292 g/mol. The SMILES string of the molecule is FC(F)c1cccnc1Oc1cccc(Br)c1. The quantitative estimate of drug-likeness (QED) is 0.828. The molecule has 0 spiro atoms. The summed E-state index contributed by atoms with van der Waals surface area (Å²) in [5.74, 6) is 0.389. The molecule has 88 valence electrons. The summed E-state index contributed by atoms with van der Waals surface area (Å²) >= 11 is 3.27. The van der Waals surface area contributed by atoms with Gasteiger partial charge >= 0.3 is 0 Å². The number of benzene rings is 1. The minimum Gasteiger partial charge on any atom is -0.438 e. The molecule has 0 aliphatic heterocycles. The summed E-state index contributed by atoms with van der Waals surface area (Å²) in [6.45, 7) is 0. The first-order valence-electron chi connectivity index (χ1n) is 4.83. The predicted octanol–water partition coefficient (Wildman–Crippen LogP) is 4.57. The monoisotopic (exact) mass is 299 g/mol. The molecule has 1 aromatic heterocycles. The fraction of sp³-hybridized carbons (Fsp3) is 0.0833. The van der Waals surface area contributed by atoms with Crippen molar-refractivity contribution in [3.05, 3.63) is 52.6 Å². The lowest BCUT2D eigenvalue weighted by molar-refractivity contribution is 0.147. The molecule has 1 heterocycles. The highest BCUT2D eigenvalue weighted by molar-refractivity contribution is 9.10. The molecule has 0 N–H and O–H groups in total. The molecule has 2 rings (SSSR count). The highest BCUT2D eigenvalue weighted by atomic mass is 79.9. The Morgan fingerprint density at radius 3 is 2.71 bits per heavy atom. The lowest BCUT2D eigenvalue weighted by atomic mass is 10.3. The van der Waals surface area contributed by atoms with Gasteiger partial charge in [-0.15, -0.1) is 0 Å². The second-order valence-corrected chi connectivity index (χ2v) is 4.17. The molecule has 0 saturated heterocycles. The van der Waals surface area contributed by atoms with Crippen LogP contribution in [0.1, 0.15) is 12.0 Å². The number of hydrogen-bond donors (Lipinski definition) is 0. The van der Waals surface area contributed by atoms with Gasteiger partial charge in [-0.3, -0.25) is 0 Å². The molecule has 0 amide bonds. The molecular formula is C12H8BrF2NO. The second-order valence-electron chi connectivity index (χ2n) is 3.26. The Labute approximate surface area is 105 Å². The van der Waals surface area contributed by atoms with Crippen LogP contribution in [0, 0.1) is 0 Å². The fourth-order valence-corrected chi connectivity index (χ4v) is 1.67. The van der Waals surface area contributed by atoms with Crippen molar-refractivity contribution in [2.45, 2.75) is 6.43 Å². The number of ether oxygens (including phenoxy) is 1. The van der Waals surface area contributed by atoms with Crippen LogP contribution < -0.4 is 4.74 Å². The number of nitrogens with zero attached hydrogens (tertiary/aromatic N) is 1. The van der Waals surface area contributed by atoms with Crippen LogP contribution in [0.5, 0.6) is 11.6 Å². The second kappa shape index (κ2) is 5.23. The molecule has 5 heteroatoms. The molecule has 0 bridgehead atoms. The van der Waals surface area contributed by atoms with Gasteiger partial charge in [-0.05, 0) is 30.3 Å². The van der Waals surface area contributed by atoms with Gasteiger partial charge in [-0.25, -0.2) is 13.8 Å². The minimum absolute atomic E-state index is 0.0689. The van der Waals surface area contributed by atoms with E-state index in [4.69, 9.17) is 4.74 Å². The summed E-state index contributed by atoms with van der Waals surface area (Å²) in [4.78, 5) is 3.81. The Balaban J connectivity index is 2.30. The first-order valence-corrected chi connectivity index (χ1v) is 5.62. The largest absolute Gasteiger partial charge is 0.438 e. The standard InChI is InChI=1S/C12H8BrF2NO/c13-8-3-1-4-9(7-8)17-12-10(11(14)15)5-2-6-16-12/h1-7,11H. The maximum absolute atomic E-state index is 12.7. The fourth-order valence-electron chi connectivity index (χ4n) is 1.30. The van der Waals surface area contributed by atoms with Crippen molar-refractivity contribution in [3.63, 3.8) is 0 Å². The lowest BCUT2D eigenvalue weighted by Gasteiger charge is -2.09. The van der Waals surface area contributed by atoms with E-state index in [9.17, 15) is 8.78 Å². The number of pyridine rings is 1. The molecule has 0 saturated carbocycles. The van der Waals surface area contributed by atoms with Crippen molar-refractivity contribution in [2.24, 2.45) is 0 Å². The van der Waals surface area contributed by atoms with Crippen molar-refractivity contribution in [1.82, 2.24) is 4.98 Å². The van der Waals surface area contributed by atoms with Gasteiger partial charge in [-0.2, -0.15) is 0 Å². The maximum atomic E-state index is 12.7. The number of aromatic nitrogens is 1. The van der Waals surface area contributed by atoms with Crippen LogP contribution in [-0.2, 0) is 0 Å². The van der Waals surface area contributed by atoms with Crippen LogP contribution in [0.25, 0.3) is 0 Å². The van der Waals surface area contributed by atoms with E-state index in [1.165, 1.54) is 18.3 Å². The number of hydrogen-bond acceptors (Lipinski definition) is 2. The highest BCUT2D eigenvalue weighted by Gasteiger charge is 2.15. The first kappa shape index (κ1) is 12.0. The molecule has 0 unspecified atom stereocenters. The van der Waals surface area contributed by atoms with E-state index in [1.807, 2.05) is 6.07 Å². The van der Waals surface area contributed by atoms with Crippen LogP contribution in [-0.4, -0.2) is 4.98 Å². The van der Waals surface area contributed by atoms with Gasteiger partial charge in [0.05, 0.1) is 5.56 Å². The van der Waals surface area contributed by atoms with Crippen molar-refractivity contribution < 1.29 is 13.5 Å². The van der Waals surface area contributed by atoms with E-state index in [1.54, 1.807) is 18.2 Å². The van der Waals surface area contributed by atoms with Gasteiger partial charge in [-0.1, -0.05) is 22.0 Å². The Kier molecular flexibility index (Phi) is 3.68. The van der Waals surface area contributed by atoms with E-state index in [-0.39, 0.29) is 11.4 Å². The summed E-state index contributed by atoms with van der Waals surface area (Å²) in [6, 6.07) is 9.68. The predicted molar refractivity (Wildman–Crippen MR) is 63.4 cm³/mol. The molecule has 2 nitrogen and oxygen atoms in total. The molecule has 0 atom stereocenters. The zero-order valence-electron chi connectivity index (χ0n) is 8.61. The topological polar surface area (TPSA) is 22.1 Å². The van der Waals surface area contributed by atoms with E-state index in [2.05, 4.69) is 20.9 Å². The van der Waals surface area contributed by atoms with Crippen LogP contribution in [0.3, 0.4) is 0 Å². The first-order chi connectivity index (χ1) is 8.16. The van der Waals surface area contributed by atoms with Gasteiger partial charge in [0, 0.05) is 10.7 Å². The summed E-state index contributed by atoms with van der Waals surface area (Å²) in [6.07, 6.45) is -1.19. The smallest absolute Gasteiger partial charge is 0.269 e. The number of alkyl halides is 2. The Morgan fingerprint density at radius 1 is 1.18 bits per heavy atom. The zero-order chi connectivity index (χ0) is 12.3. The van der Waals surface area contributed by atoms with Gasteiger partial charge in [0.25, 0.3) is 6.43 Å². The molecule has 0 radical (unpaired) electrons. The zero-order valence-corrected chi connectivity index (χ0v) is 10.2. The van der Waals surface area contributed by atoms with Crippen molar-refractivity contribution >= 4 is 15.9 Å². The third-order valence-electron chi connectivity index (χ3n) is 2.05. The van der Waals surface area contributed by atoms with Crippen molar-refractivity contribution in [1.29, 1.82) is 0 Å². The summed E-state index contributed by atoms with van der Waals surface area (Å²) in [7, 11) is 0. The van der Waals surface area contributed by atoms with Crippen LogP contribution in [0.2, 0.25) is 0 Å². The molecule has 0 aliphatic carbocycles. The van der Waals surface area contributed by atoms with E-state index in [0.717, 1.165) is 4.47 Å². The third kappa shape index (κ3) is 3.00. The summed E-state index contributed by atoms with van der Waals surface area (Å²) in [5.41, 5.74) is -0.215.